The molecule has 0 saturated carbocycles. The lowest BCUT2D eigenvalue weighted by Gasteiger charge is -2.37. The van der Waals surface area contributed by atoms with Gasteiger partial charge < -0.3 is 19.6 Å². The first-order valence-electron chi connectivity index (χ1n) is 10.7. The monoisotopic (exact) mass is 393 g/mol. The molecule has 0 unspecified atom stereocenters. The van der Waals surface area contributed by atoms with Crippen molar-refractivity contribution >= 4 is 17.3 Å². The summed E-state index contributed by atoms with van der Waals surface area (Å²) in [5.41, 5.74) is 4.33. The molecule has 2 saturated heterocycles. The summed E-state index contributed by atoms with van der Waals surface area (Å²) in [4.78, 5) is 26.4. The number of hydrogen-bond acceptors (Lipinski definition) is 5. The van der Waals surface area contributed by atoms with E-state index in [2.05, 4.69) is 57.8 Å². The van der Waals surface area contributed by atoms with E-state index in [0.717, 1.165) is 64.6 Å². The van der Waals surface area contributed by atoms with Gasteiger partial charge in [-0.05, 0) is 37.2 Å². The minimum Gasteiger partial charge on any atom is -0.368 e. The summed E-state index contributed by atoms with van der Waals surface area (Å²) in [6, 6.07) is 10.7. The number of amides is 1. The van der Waals surface area contributed by atoms with E-state index in [4.69, 9.17) is 0 Å². The highest BCUT2D eigenvalue weighted by atomic mass is 16.2. The Morgan fingerprint density at radius 1 is 0.897 bits per heavy atom. The van der Waals surface area contributed by atoms with Crippen molar-refractivity contribution in [2.24, 2.45) is 0 Å². The van der Waals surface area contributed by atoms with E-state index in [1.165, 1.54) is 11.3 Å². The molecule has 29 heavy (non-hydrogen) atoms. The Labute approximate surface area is 173 Å². The van der Waals surface area contributed by atoms with Crippen LogP contribution < -0.4 is 9.80 Å². The Hall–Kier alpha value is -2.60. The first kappa shape index (κ1) is 19.7. The standard InChI is InChI=1S/C23H31N5O/c1-3-25-7-9-28(10-8-25)23(29)20-16-22(18-24-17-20)27-13-11-26(12-14-27)21-6-4-5-19(2)15-21/h4-6,15-18H,3,7-14H2,1-2H3. The molecule has 1 aromatic heterocycles. The van der Waals surface area contributed by atoms with Gasteiger partial charge in [0.15, 0.2) is 0 Å². The van der Waals surface area contributed by atoms with Crippen LogP contribution >= 0.6 is 0 Å². The number of rotatable bonds is 4. The number of benzene rings is 1. The van der Waals surface area contributed by atoms with Gasteiger partial charge >= 0.3 is 0 Å². The van der Waals surface area contributed by atoms with Crippen molar-refractivity contribution in [1.82, 2.24) is 14.8 Å². The van der Waals surface area contributed by atoms with Gasteiger partial charge in [0.05, 0.1) is 17.4 Å². The van der Waals surface area contributed by atoms with Gasteiger partial charge in [-0.25, -0.2) is 0 Å². The van der Waals surface area contributed by atoms with Crippen LogP contribution in [0.5, 0.6) is 0 Å². The van der Waals surface area contributed by atoms with E-state index >= 15 is 0 Å². The van der Waals surface area contributed by atoms with Crippen LogP contribution in [0.2, 0.25) is 0 Å². The molecule has 1 aromatic carbocycles. The second kappa shape index (κ2) is 8.82. The molecule has 6 nitrogen and oxygen atoms in total. The molecule has 0 radical (unpaired) electrons. The molecule has 0 aliphatic carbocycles. The lowest BCUT2D eigenvalue weighted by atomic mass is 10.1. The van der Waals surface area contributed by atoms with Crippen molar-refractivity contribution in [3.63, 3.8) is 0 Å². The Morgan fingerprint density at radius 2 is 1.59 bits per heavy atom. The SMILES string of the molecule is CCN1CCN(C(=O)c2cncc(N3CCN(c4cccc(C)c4)CC3)c2)CC1. The Morgan fingerprint density at radius 3 is 2.24 bits per heavy atom. The zero-order chi connectivity index (χ0) is 20.2. The zero-order valence-electron chi connectivity index (χ0n) is 17.5. The van der Waals surface area contributed by atoms with Crippen LogP contribution in [0, 0.1) is 6.92 Å². The number of nitrogens with zero attached hydrogens (tertiary/aromatic N) is 5. The van der Waals surface area contributed by atoms with Crippen molar-refractivity contribution in [3.8, 4) is 0 Å². The normalized spacial score (nSPS) is 18.2. The molecule has 0 N–H and O–H groups in total. The molecule has 3 heterocycles. The van der Waals surface area contributed by atoms with E-state index in [9.17, 15) is 4.79 Å². The van der Waals surface area contributed by atoms with Gasteiger partial charge in [0.2, 0.25) is 0 Å². The highest BCUT2D eigenvalue weighted by Gasteiger charge is 2.23. The molecule has 2 aromatic rings. The number of pyridine rings is 1. The Kier molecular flexibility index (Phi) is 6.00. The number of likely N-dealkylation sites (N-methyl/N-ethyl adjacent to an activating group) is 1. The van der Waals surface area contributed by atoms with Gasteiger partial charge in [0.25, 0.3) is 5.91 Å². The maximum atomic E-state index is 12.9. The molecular formula is C23H31N5O. The van der Waals surface area contributed by atoms with Crippen LogP contribution in [0.4, 0.5) is 11.4 Å². The smallest absolute Gasteiger partial charge is 0.255 e. The lowest BCUT2D eigenvalue weighted by Crippen LogP contribution is -2.48. The van der Waals surface area contributed by atoms with Crippen molar-refractivity contribution in [1.29, 1.82) is 0 Å². The molecule has 154 valence electrons. The third-order valence-corrected chi connectivity index (χ3v) is 6.09. The minimum atomic E-state index is 0.105. The van der Waals surface area contributed by atoms with Crippen LogP contribution in [0.15, 0.2) is 42.7 Å². The number of anilines is 2. The fraction of sp³-hybridized carbons (Fsp3) is 0.478. The van der Waals surface area contributed by atoms with Gasteiger partial charge in [-0.1, -0.05) is 19.1 Å². The number of hydrogen-bond donors (Lipinski definition) is 0. The van der Waals surface area contributed by atoms with Crippen molar-refractivity contribution in [2.75, 3.05) is 68.7 Å². The van der Waals surface area contributed by atoms with Crippen LogP contribution in [0.1, 0.15) is 22.8 Å². The Balaban J connectivity index is 1.38. The second-order valence-corrected chi connectivity index (χ2v) is 7.97. The summed E-state index contributed by atoms with van der Waals surface area (Å²) in [6.45, 7) is 12.7. The molecule has 1 amide bonds. The fourth-order valence-corrected chi connectivity index (χ4v) is 4.21. The number of aryl methyl sites for hydroxylation is 1. The third kappa shape index (κ3) is 4.53. The third-order valence-electron chi connectivity index (χ3n) is 6.09. The summed E-state index contributed by atoms with van der Waals surface area (Å²) in [5, 5.41) is 0. The average molecular weight is 394 g/mol. The molecular weight excluding hydrogens is 362 g/mol. The van der Waals surface area contributed by atoms with Crippen molar-refractivity contribution < 1.29 is 4.79 Å². The second-order valence-electron chi connectivity index (χ2n) is 7.97. The maximum absolute atomic E-state index is 12.9. The predicted molar refractivity (Wildman–Crippen MR) is 118 cm³/mol. The van der Waals surface area contributed by atoms with Gasteiger partial charge in [-0.15, -0.1) is 0 Å². The van der Waals surface area contributed by atoms with Crippen molar-refractivity contribution in [2.45, 2.75) is 13.8 Å². The number of aromatic nitrogens is 1. The van der Waals surface area contributed by atoms with Crippen LogP contribution in [-0.4, -0.2) is 79.6 Å². The first-order chi connectivity index (χ1) is 14.1. The molecule has 6 heteroatoms. The molecule has 0 spiro atoms. The minimum absolute atomic E-state index is 0.105. The molecule has 0 bridgehead atoms. The highest BCUT2D eigenvalue weighted by molar-refractivity contribution is 5.94. The zero-order valence-corrected chi connectivity index (χ0v) is 17.5. The van der Waals surface area contributed by atoms with Gasteiger partial charge in [-0.2, -0.15) is 0 Å². The summed E-state index contributed by atoms with van der Waals surface area (Å²) in [7, 11) is 0. The van der Waals surface area contributed by atoms with E-state index in [1.54, 1.807) is 6.20 Å². The maximum Gasteiger partial charge on any atom is 0.255 e. The summed E-state index contributed by atoms with van der Waals surface area (Å²) < 4.78 is 0. The highest BCUT2D eigenvalue weighted by Crippen LogP contribution is 2.22. The first-order valence-corrected chi connectivity index (χ1v) is 10.7. The number of piperazine rings is 2. The summed E-state index contributed by atoms with van der Waals surface area (Å²) in [6.07, 6.45) is 3.59. The average Bonchev–Trinajstić information content (AvgIpc) is 2.79. The quantitative estimate of drug-likeness (QED) is 0.799. The molecule has 2 fully saturated rings. The molecule has 4 rings (SSSR count). The van der Waals surface area contributed by atoms with Crippen molar-refractivity contribution in [3.05, 3.63) is 53.9 Å². The largest absolute Gasteiger partial charge is 0.368 e. The van der Waals surface area contributed by atoms with Gasteiger partial charge in [0, 0.05) is 64.2 Å². The number of carbonyl (C=O) groups is 1. The molecule has 2 aliphatic heterocycles. The van der Waals surface area contributed by atoms with Crippen LogP contribution in [0.3, 0.4) is 0 Å². The van der Waals surface area contributed by atoms with E-state index in [-0.39, 0.29) is 5.91 Å². The van der Waals surface area contributed by atoms with E-state index in [0.29, 0.717) is 5.56 Å². The topological polar surface area (TPSA) is 42.9 Å². The number of carbonyl (C=O) groups excluding carboxylic acids is 1. The van der Waals surface area contributed by atoms with E-state index < -0.39 is 0 Å². The van der Waals surface area contributed by atoms with Crippen LogP contribution in [-0.2, 0) is 0 Å². The summed E-state index contributed by atoms with van der Waals surface area (Å²) in [5.74, 6) is 0.105. The van der Waals surface area contributed by atoms with Crippen LogP contribution in [0.25, 0.3) is 0 Å². The molecule has 2 aliphatic rings. The molecule has 0 atom stereocenters. The van der Waals surface area contributed by atoms with E-state index in [1.807, 2.05) is 17.2 Å². The lowest BCUT2D eigenvalue weighted by molar-refractivity contribution is 0.0643. The van der Waals surface area contributed by atoms with Gasteiger partial charge in [0.1, 0.15) is 0 Å². The van der Waals surface area contributed by atoms with Gasteiger partial charge in [-0.3, -0.25) is 9.78 Å². The predicted octanol–water partition coefficient (Wildman–Crippen LogP) is 2.49. The fourth-order valence-electron chi connectivity index (χ4n) is 4.21. The Bertz CT molecular complexity index is 839. The summed E-state index contributed by atoms with van der Waals surface area (Å²) >= 11 is 0.